The smallest absolute Gasteiger partial charge is 0.407 e. The number of hydrogen-bond acceptors (Lipinski definition) is 3. The number of quaternary nitrogens is 1. The molecule has 2 heterocycles. The van der Waals surface area contributed by atoms with E-state index < -0.39 is 5.60 Å². The summed E-state index contributed by atoms with van der Waals surface area (Å²) in [6.07, 6.45) is 7.49. The Labute approximate surface area is 141 Å². The van der Waals surface area contributed by atoms with Crippen molar-refractivity contribution in [3.8, 4) is 0 Å². The van der Waals surface area contributed by atoms with Gasteiger partial charge < -0.3 is 19.9 Å². The molecule has 0 unspecified atom stereocenters. The van der Waals surface area contributed by atoms with Crippen LogP contribution in [0.5, 0.6) is 0 Å². The lowest BCUT2D eigenvalue weighted by molar-refractivity contribution is -0.956. The number of hydrogen-bond donors (Lipinski definition) is 2. The topological polar surface area (TPSA) is 50.4 Å². The van der Waals surface area contributed by atoms with E-state index in [0.717, 1.165) is 19.0 Å². The fraction of sp³-hybridized carbons (Fsp3) is 0.944. The SMILES string of the molecule is CC(C)(C)OC(=O)NCCC[N+]1(C2CCNCC2)CCCCC1. The molecule has 2 saturated heterocycles. The van der Waals surface area contributed by atoms with Crippen molar-refractivity contribution in [2.75, 3.05) is 39.3 Å². The maximum atomic E-state index is 11.7. The largest absolute Gasteiger partial charge is 0.444 e. The first-order valence-electron chi connectivity index (χ1n) is 9.45. The number of nitrogens with one attached hydrogen (secondary N) is 2. The third kappa shape index (κ3) is 5.96. The van der Waals surface area contributed by atoms with E-state index in [-0.39, 0.29) is 6.09 Å². The molecule has 0 aromatic carbocycles. The number of likely N-dealkylation sites (tertiary alicyclic amines) is 1. The average Bonchev–Trinajstić information content (AvgIpc) is 2.52. The first kappa shape index (κ1) is 18.5. The molecule has 0 aromatic heterocycles. The van der Waals surface area contributed by atoms with Crippen molar-refractivity contribution in [2.24, 2.45) is 0 Å². The molecule has 2 aliphatic rings. The van der Waals surface area contributed by atoms with Gasteiger partial charge in [0.2, 0.25) is 0 Å². The van der Waals surface area contributed by atoms with Crippen LogP contribution in [0.25, 0.3) is 0 Å². The predicted octanol–water partition coefficient (Wildman–Crippen LogP) is 2.65. The minimum Gasteiger partial charge on any atom is -0.444 e. The Morgan fingerprint density at radius 1 is 1.17 bits per heavy atom. The molecule has 5 heteroatoms. The van der Waals surface area contributed by atoms with Gasteiger partial charge in [-0.15, -0.1) is 0 Å². The Morgan fingerprint density at radius 3 is 2.43 bits per heavy atom. The summed E-state index contributed by atoms with van der Waals surface area (Å²) in [5.74, 6) is 0. The molecular weight excluding hydrogens is 290 g/mol. The lowest BCUT2D eigenvalue weighted by Gasteiger charge is -2.49. The van der Waals surface area contributed by atoms with Crippen molar-refractivity contribution in [1.82, 2.24) is 10.6 Å². The average molecular weight is 327 g/mol. The van der Waals surface area contributed by atoms with Gasteiger partial charge in [0.25, 0.3) is 0 Å². The molecular formula is C18H36N3O2+. The molecule has 5 nitrogen and oxygen atoms in total. The van der Waals surface area contributed by atoms with Crippen LogP contribution in [0.3, 0.4) is 0 Å². The van der Waals surface area contributed by atoms with Gasteiger partial charge in [0.05, 0.1) is 25.7 Å². The van der Waals surface area contributed by atoms with Crippen molar-refractivity contribution >= 4 is 6.09 Å². The second-order valence-corrected chi connectivity index (χ2v) is 8.21. The molecule has 2 N–H and O–H groups in total. The van der Waals surface area contributed by atoms with Crippen LogP contribution in [0.4, 0.5) is 4.79 Å². The van der Waals surface area contributed by atoms with Crippen molar-refractivity contribution in [3.63, 3.8) is 0 Å². The van der Waals surface area contributed by atoms with Crippen LogP contribution < -0.4 is 10.6 Å². The summed E-state index contributed by atoms with van der Waals surface area (Å²) in [4.78, 5) is 11.7. The first-order chi connectivity index (χ1) is 10.9. The Balaban J connectivity index is 1.78. The van der Waals surface area contributed by atoms with Gasteiger partial charge in [-0.3, -0.25) is 0 Å². The second kappa shape index (κ2) is 8.34. The maximum Gasteiger partial charge on any atom is 0.407 e. The molecule has 0 spiro atoms. The summed E-state index contributed by atoms with van der Waals surface area (Å²) >= 11 is 0. The number of rotatable bonds is 5. The minimum absolute atomic E-state index is 0.287. The Kier molecular flexibility index (Phi) is 6.72. The second-order valence-electron chi connectivity index (χ2n) is 8.21. The van der Waals surface area contributed by atoms with Gasteiger partial charge in [0.15, 0.2) is 0 Å². The highest BCUT2D eigenvalue weighted by Crippen LogP contribution is 2.28. The van der Waals surface area contributed by atoms with Crippen LogP contribution in [0.2, 0.25) is 0 Å². The van der Waals surface area contributed by atoms with Gasteiger partial charge in [0, 0.05) is 38.9 Å². The molecule has 0 bridgehead atoms. The van der Waals surface area contributed by atoms with Crippen molar-refractivity contribution in [3.05, 3.63) is 0 Å². The van der Waals surface area contributed by atoms with Crippen molar-refractivity contribution in [2.45, 2.75) is 70.9 Å². The summed E-state index contributed by atoms with van der Waals surface area (Å²) in [6, 6.07) is 0.818. The quantitative estimate of drug-likeness (QED) is 0.603. The molecule has 0 atom stereocenters. The standard InChI is InChI=1S/C18H35N3O2/c1-18(2,3)23-17(22)20-10-7-15-21(13-5-4-6-14-21)16-8-11-19-12-9-16/h16,19H,4-15H2,1-3H3/p+1. The zero-order valence-corrected chi connectivity index (χ0v) is 15.3. The third-order valence-corrected chi connectivity index (χ3v) is 5.24. The van der Waals surface area contributed by atoms with Crippen LogP contribution in [0.15, 0.2) is 0 Å². The number of amides is 1. The summed E-state index contributed by atoms with van der Waals surface area (Å²) < 4.78 is 6.60. The van der Waals surface area contributed by atoms with Crippen LogP contribution in [0.1, 0.15) is 59.3 Å². The third-order valence-electron chi connectivity index (χ3n) is 5.24. The van der Waals surface area contributed by atoms with Gasteiger partial charge in [0.1, 0.15) is 5.60 Å². The lowest BCUT2D eigenvalue weighted by atomic mass is 9.96. The van der Waals surface area contributed by atoms with Crippen LogP contribution in [0, 0.1) is 0 Å². The normalized spacial score (nSPS) is 22.6. The number of ether oxygens (including phenoxy) is 1. The number of nitrogens with zero attached hydrogens (tertiary/aromatic N) is 1. The van der Waals surface area contributed by atoms with E-state index in [1.807, 2.05) is 20.8 Å². The maximum absolute atomic E-state index is 11.7. The van der Waals surface area contributed by atoms with Gasteiger partial charge >= 0.3 is 6.09 Å². The highest BCUT2D eigenvalue weighted by Gasteiger charge is 2.38. The van der Waals surface area contributed by atoms with Crippen LogP contribution in [-0.2, 0) is 4.74 Å². The van der Waals surface area contributed by atoms with E-state index in [1.54, 1.807) is 0 Å². The summed E-state index contributed by atoms with van der Waals surface area (Å²) in [7, 11) is 0. The molecule has 134 valence electrons. The number of piperidine rings is 2. The molecule has 2 fully saturated rings. The predicted molar refractivity (Wildman–Crippen MR) is 93.5 cm³/mol. The summed E-state index contributed by atoms with van der Waals surface area (Å²) in [5.41, 5.74) is -0.417. The Morgan fingerprint density at radius 2 is 1.83 bits per heavy atom. The minimum atomic E-state index is -0.417. The monoisotopic (exact) mass is 326 g/mol. The van der Waals surface area contributed by atoms with Gasteiger partial charge in [-0.25, -0.2) is 4.79 Å². The van der Waals surface area contributed by atoms with Crippen LogP contribution in [-0.4, -0.2) is 61.5 Å². The van der Waals surface area contributed by atoms with E-state index >= 15 is 0 Å². The zero-order valence-electron chi connectivity index (χ0n) is 15.3. The van der Waals surface area contributed by atoms with Crippen molar-refractivity contribution in [1.29, 1.82) is 0 Å². The number of alkyl carbamates (subject to hydrolysis) is 1. The Bertz CT molecular complexity index is 367. The van der Waals surface area contributed by atoms with E-state index in [0.29, 0.717) is 0 Å². The molecule has 0 aromatic rings. The van der Waals surface area contributed by atoms with Gasteiger partial charge in [-0.05, 0) is 40.0 Å². The number of carbonyl (C=O) groups is 1. The van der Waals surface area contributed by atoms with E-state index in [4.69, 9.17) is 4.74 Å². The molecule has 23 heavy (non-hydrogen) atoms. The Hall–Kier alpha value is -0.810. The molecule has 1 amide bonds. The first-order valence-corrected chi connectivity index (χ1v) is 9.45. The summed E-state index contributed by atoms with van der Waals surface area (Å²) in [6.45, 7) is 12.6. The highest BCUT2D eigenvalue weighted by atomic mass is 16.6. The highest BCUT2D eigenvalue weighted by molar-refractivity contribution is 5.67. The van der Waals surface area contributed by atoms with E-state index in [9.17, 15) is 4.79 Å². The number of carbonyl (C=O) groups excluding carboxylic acids is 1. The van der Waals surface area contributed by atoms with Crippen LogP contribution >= 0.6 is 0 Å². The van der Waals surface area contributed by atoms with Gasteiger partial charge in [-0.1, -0.05) is 0 Å². The van der Waals surface area contributed by atoms with E-state index in [2.05, 4.69) is 10.6 Å². The van der Waals surface area contributed by atoms with Gasteiger partial charge in [-0.2, -0.15) is 0 Å². The molecule has 0 aliphatic carbocycles. The molecule has 0 saturated carbocycles. The zero-order chi connectivity index (χ0) is 16.8. The molecule has 2 rings (SSSR count). The fourth-order valence-corrected chi connectivity index (χ4v) is 4.17. The lowest BCUT2D eigenvalue weighted by Crippen LogP contribution is -2.61. The molecule has 2 aliphatic heterocycles. The van der Waals surface area contributed by atoms with E-state index in [1.165, 1.54) is 69.3 Å². The summed E-state index contributed by atoms with van der Waals surface area (Å²) in [5, 5.41) is 6.41. The molecule has 0 radical (unpaired) electrons. The van der Waals surface area contributed by atoms with Crippen molar-refractivity contribution < 1.29 is 14.0 Å². The fourth-order valence-electron chi connectivity index (χ4n) is 4.17.